The van der Waals surface area contributed by atoms with E-state index in [1.807, 2.05) is 19.1 Å². The van der Waals surface area contributed by atoms with Crippen LogP contribution in [0.3, 0.4) is 0 Å². The highest BCUT2D eigenvalue weighted by Gasteiger charge is 2.15. The van der Waals surface area contributed by atoms with Gasteiger partial charge in [-0.3, -0.25) is 8.80 Å². The van der Waals surface area contributed by atoms with Crippen LogP contribution in [0.15, 0.2) is 91.1 Å². The standard InChI is InChI=1S/C33H24N4O/c1-19-18-36-30-10-6-4-8-26(30)24-14-12-22(16-28(24)32(36)34-19)38-23-13-15-25-27-9-5-7-11-31(27)37-21(3)20(2)35-33(37)29(25)17-23/h4-18H,1-3H3. The highest BCUT2D eigenvalue weighted by atomic mass is 16.5. The lowest BCUT2D eigenvalue weighted by Gasteiger charge is -2.13. The third kappa shape index (κ3) is 2.87. The molecule has 0 atom stereocenters. The van der Waals surface area contributed by atoms with Gasteiger partial charge in [-0.2, -0.15) is 0 Å². The van der Waals surface area contributed by atoms with Crippen LogP contribution in [0.1, 0.15) is 17.1 Å². The first-order chi connectivity index (χ1) is 18.6. The summed E-state index contributed by atoms with van der Waals surface area (Å²) in [7, 11) is 0. The van der Waals surface area contributed by atoms with Gasteiger partial charge in [0.25, 0.3) is 0 Å². The van der Waals surface area contributed by atoms with E-state index in [9.17, 15) is 0 Å². The molecule has 0 unspecified atom stereocenters. The van der Waals surface area contributed by atoms with Gasteiger partial charge in [-0.25, -0.2) is 9.97 Å². The van der Waals surface area contributed by atoms with Crippen molar-refractivity contribution >= 4 is 54.6 Å². The lowest BCUT2D eigenvalue weighted by molar-refractivity contribution is 0.484. The lowest BCUT2D eigenvalue weighted by Crippen LogP contribution is -1.94. The number of rotatable bonds is 2. The van der Waals surface area contributed by atoms with Crippen molar-refractivity contribution in [2.45, 2.75) is 20.8 Å². The topological polar surface area (TPSA) is 43.8 Å². The SMILES string of the molecule is Cc1cn2c3ccccc3c3ccc(Oc4ccc5c6ccccc6n6c(C)c(C)nc6c5c4)cc3c2n1. The number of aromatic nitrogens is 4. The summed E-state index contributed by atoms with van der Waals surface area (Å²) in [6.07, 6.45) is 2.10. The Hall–Kier alpha value is -4.90. The molecule has 8 rings (SSSR count). The minimum atomic E-state index is 0.780. The van der Waals surface area contributed by atoms with Gasteiger partial charge in [0.15, 0.2) is 0 Å². The van der Waals surface area contributed by atoms with Crippen molar-refractivity contribution in [2.24, 2.45) is 0 Å². The minimum absolute atomic E-state index is 0.780. The Morgan fingerprint density at radius 1 is 0.579 bits per heavy atom. The number of hydrogen-bond acceptors (Lipinski definition) is 3. The van der Waals surface area contributed by atoms with Crippen LogP contribution in [-0.2, 0) is 0 Å². The molecule has 8 aromatic rings. The third-order valence-corrected chi connectivity index (χ3v) is 7.76. The summed E-state index contributed by atoms with van der Waals surface area (Å²) in [6, 6.07) is 29.6. The van der Waals surface area contributed by atoms with Crippen LogP contribution in [0.2, 0.25) is 0 Å². The molecule has 0 saturated heterocycles. The molecular weight excluding hydrogens is 468 g/mol. The minimum Gasteiger partial charge on any atom is -0.457 e. The van der Waals surface area contributed by atoms with E-state index in [4.69, 9.17) is 14.7 Å². The maximum absolute atomic E-state index is 6.49. The second-order valence-electron chi connectivity index (χ2n) is 10.1. The average molecular weight is 493 g/mol. The number of nitrogens with zero attached hydrogens (tertiary/aromatic N) is 4. The van der Waals surface area contributed by atoms with Crippen LogP contribution in [0.5, 0.6) is 11.5 Å². The fraction of sp³-hybridized carbons (Fsp3) is 0.0909. The molecule has 4 aromatic carbocycles. The molecule has 0 saturated carbocycles. The highest BCUT2D eigenvalue weighted by molar-refractivity contribution is 6.13. The smallest absolute Gasteiger partial charge is 0.145 e. The van der Waals surface area contributed by atoms with E-state index >= 15 is 0 Å². The number of fused-ring (bicyclic) bond motifs is 12. The van der Waals surface area contributed by atoms with Crippen molar-refractivity contribution in [3.8, 4) is 11.5 Å². The Morgan fingerprint density at radius 3 is 1.89 bits per heavy atom. The number of benzene rings is 4. The molecule has 4 aromatic heterocycles. The summed E-state index contributed by atoms with van der Waals surface area (Å²) in [4.78, 5) is 9.79. The molecule has 0 N–H and O–H groups in total. The second kappa shape index (κ2) is 7.56. The van der Waals surface area contributed by atoms with Crippen LogP contribution in [0.25, 0.3) is 54.6 Å². The molecule has 0 aliphatic rings. The Labute approximate surface area is 218 Å². The first kappa shape index (κ1) is 21.2. The summed E-state index contributed by atoms with van der Waals surface area (Å²) >= 11 is 0. The molecule has 0 amide bonds. The van der Waals surface area contributed by atoms with Crippen LogP contribution in [-0.4, -0.2) is 18.8 Å². The molecule has 4 heterocycles. The monoisotopic (exact) mass is 492 g/mol. The summed E-state index contributed by atoms with van der Waals surface area (Å²) in [5.74, 6) is 1.56. The summed E-state index contributed by atoms with van der Waals surface area (Å²) in [5.41, 5.74) is 7.41. The van der Waals surface area contributed by atoms with Gasteiger partial charge in [0.1, 0.15) is 22.8 Å². The van der Waals surface area contributed by atoms with Gasteiger partial charge in [0.05, 0.1) is 22.4 Å². The quantitative estimate of drug-likeness (QED) is 0.228. The van der Waals surface area contributed by atoms with E-state index in [0.29, 0.717) is 0 Å². The average Bonchev–Trinajstić information content (AvgIpc) is 3.48. The van der Waals surface area contributed by atoms with E-state index in [0.717, 1.165) is 56.2 Å². The van der Waals surface area contributed by atoms with Gasteiger partial charge in [-0.15, -0.1) is 0 Å². The second-order valence-corrected chi connectivity index (χ2v) is 10.1. The van der Waals surface area contributed by atoms with Crippen molar-refractivity contribution in [2.75, 3.05) is 0 Å². The molecule has 0 bridgehead atoms. The van der Waals surface area contributed by atoms with Crippen LogP contribution in [0, 0.1) is 20.8 Å². The fourth-order valence-corrected chi connectivity index (χ4v) is 5.91. The zero-order valence-electron chi connectivity index (χ0n) is 21.4. The Bertz CT molecular complexity index is 2250. The predicted octanol–water partition coefficient (Wildman–Crippen LogP) is 8.31. The normalized spacial score (nSPS) is 12.1. The molecule has 0 fully saturated rings. The van der Waals surface area contributed by atoms with Crippen LogP contribution < -0.4 is 4.74 Å². The molecular formula is C33H24N4O. The first-order valence-corrected chi connectivity index (χ1v) is 12.8. The Balaban J connectivity index is 1.33. The maximum atomic E-state index is 6.49. The number of ether oxygens (including phenoxy) is 1. The van der Waals surface area contributed by atoms with Gasteiger partial charge in [-0.1, -0.05) is 36.4 Å². The summed E-state index contributed by atoms with van der Waals surface area (Å²) < 4.78 is 10.9. The van der Waals surface area contributed by atoms with Gasteiger partial charge >= 0.3 is 0 Å². The van der Waals surface area contributed by atoms with Gasteiger partial charge in [0, 0.05) is 33.4 Å². The maximum Gasteiger partial charge on any atom is 0.145 e. The summed E-state index contributed by atoms with van der Waals surface area (Å²) in [5, 5.41) is 6.89. The summed E-state index contributed by atoms with van der Waals surface area (Å²) in [6.45, 7) is 6.23. The number of para-hydroxylation sites is 2. The van der Waals surface area contributed by atoms with Crippen molar-refractivity contribution < 1.29 is 4.74 Å². The van der Waals surface area contributed by atoms with E-state index in [1.165, 1.54) is 27.1 Å². The number of imidazole rings is 2. The molecule has 0 aliphatic carbocycles. The number of aryl methyl sites for hydroxylation is 3. The van der Waals surface area contributed by atoms with E-state index < -0.39 is 0 Å². The lowest BCUT2D eigenvalue weighted by atomic mass is 10.1. The molecule has 38 heavy (non-hydrogen) atoms. The Morgan fingerprint density at radius 2 is 1.18 bits per heavy atom. The first-order valence-electron chi connectivity index (χ1n) is 12.8. The number of hydrogen-bond donors (Lipinski definition) is 0. The van der Waals surface area contributed by atoms with Crippen LogP contribution in [0.4, 0.5) is 0 Å². The zero-order chi connectivity index (χ0) is 25.5. The number of pyridine rings is 2. The van der Waals surface area contributed by atoms with Crippen LogP contribution >= 0.6 is 0 Å². The fourth-order valence-electron chi connectivity index (χ4n) is 5.91. The molecule has 5 nitrogen and oxygen atoms in total. The highest BCUT2D eigenvalue weighted by Crippen LogP contribution is 2.36. The van der Waals surface area contributed by atoms with E-state index in [1.54, 1.807) is 0 Å². The Kier molecular flexibility index (Phi) is 4.22. The molecule has 182 valence electrons. The van der Waals surface area contributed by atoms with Gasteiger partial charge < -0.3 is 4.74 Å². The van der Waals surface area contributed by atoms with Crippen molar-refractivity contribution in [1.29, 1.82) is 0 Å². The molecule has 5 heteroatoms. The van der Waals surface area contributed by atoms with Crippen molar-refractivity contribution in [3.63, 3.8) is 0 Å². The van der Waals surface area contributed by atoms with E-state index in [-0.39, 0.29) is 0 Å². The van der Waals surface area contributed by atoms with Crippen molar-refractivity contribution in [3.05, 3.63) is 108 Å². The van der Waals surface area contributed by atoms with Gasteiger partial charge in [0.2, 0.25) is 0 Å². The predicted molar refractivity (Wildman–Crippen MR) is 155 cm³/mol. The van der Waals surface area contributed by atoms with Crippen molar-refractivity contribution in [1.82, 2.24) is 18.8 Å². The largest absolute Gasteiger partial charge is 0.457 e. The molecule has 0 aliphatic heterocycles. The third-order valence-electron chi connectivity index (χ3n) is 7.76. The molecule has 0 spiro atoms. The van der Waals surface area contributed by atoms with Gasteiger partial charge in [-0.05, 0) is 80.1 Å². The van der Waals surface area contributed by atoms with E-state index in [2.05, 4.69) is 102 Å². The molecule has 0 radical (unpaired) electrons. The zero-order valence-corrected chi connectivity index (χ0v) is 21.4.